The molecule has 0 saturated carbocycles. The van der Waals surface area contributed by atoms with Crippen LogP contribution in [0.3, 0.4) is 0 Å². The van der Waals surface area contributed by atoms with Crippen molar-refractivity contribution in [3.8, 4) is 0 Å². The Kier molecular flexibility index (Phi) is 5.81. The summed E-state index contributed by atoms with van der Waals surface area (Å²) in [5.74, 6) is -2.14. The van der Waals surface area contributed by atoms with E-state index < -0.39 is 39.1 Å². The van der Waals surface area contributed by atoms with Crippen molar-refractivity contribution in [2.45, 2.75) is 12.5 Å². The predicted octanol–water partition coefficient (Wildman–Crippen LogP) is 2.27. The second kappa shape index (κ2) is 8.04. The third-order valence-electron chi connectivity index (χ3n) is 3.92. The Bertz CT molecular complexity index is 866. The minimum atomic E-state index is -1.27. The van der Waals surface area contributed by atoms with Crippen LogP contribution in [-0.2, 0) is 11.2 Å². The molecule has 140 valence electrons. The fraction of sp³-hybridized carbons (Fsp3) is 0.176. The molecule has 0 bridgehead atoms. The van der Waals surface area contributed by atoms with Gasteiger partial charge in [-0.1, -0.05) is 30.3 Å². The number of likely N-dealkylation sites (N-methyl/N-ethyl adjacent to an activating group) is 1. The number of non-ortho nitro benzene ring substituents is 2. The maximum absolute atomic E-state index is 12.6. The topological polar surface area (TPSA) is 144 Å². The maximum atomic E-state index is 12.6. The number of carbonyl (C=O) groups is 2. The lowest BCUT2D eigenvalue weighted by Gasteiger charge is -2.25. The molecule has 0 spiro atoms. The second-order valence-electron chi connectivity index (χ2n) is 5.71. The highest BCUT2D eigenvalue weighted by Crippen LogP contribution is 2.24. The number of carbonyl (C=O) groups excluding carboxylic acids is 1. The fourth-order valence-corrected chi connectivity index (χ4v) is 2.50. The average Bonchev–Trinajstić information content (AvgIpc) is 2.65. The van der Waals surface area contributed by atoms with Gasteiger partial charge in [0.15, 0.2) is 0 Å². The summed E-state index contributed by atoms with van der Waals surface area (Å²) in [4.78, 5) is 45.4. The number of hydrogen-bond donors (Lipinski definition) is 1. The molecule has 2 rings (SSSR count). The maximum Gasteiger partial charge on any atom is 0.326 e. The van der Waals surface area contributed by atoms with Crippen LogP contribution in [0.25, 0.3) is 0 Å². The van der Waals surface area contributed by atoms with Crippen LogP contribution >= 0.6 is 0 Å². The van der Waals surface area contributed by atoms with Crippen LogP contribution in [0.1, 0.15) is 15.9 Å². The minimum absolute atomic E-state index is 0.00936. The zero-order chi connectivity index (χ0) is 20.1. The lowest BCUT2D eigenvalue weighted by atomic mass is 10.0. The number of nitrogens with zero attached hydrogens (tertiary/aromatic N) is 3. The first-order chi connectivity index (χ1) is 12.7. The fourth-order valence-electron chi connectivity index (χ4n) is 2.50. The molecule has 1 amide bonds. The van der Waals surface area contributed by atoms with Crippen LogP contribution in [0.4, 0.5) is 11.4 Å². The molecule has 0 radical (unpaired) electrons. The van der Waals surface area contributed by atoms with Crippen molar-refractivity contribution in [2.75, 3.05) is 7.05 Å². The van der Waals surface area contributed by atoms with Crippen molar-refractivity contribution in [1.29, 1.82) is 0 Å². The first kappa shape index (κ1) is 19.5. The van der Waals surface area contributed by atoms with Gasteiger partial charge in [-0.15, -0.1) is 0 Å². The number of amides is 1. The van der Waals surface area contributed by atoms with E-state index in [1.807, 2.05) is 0 Å². The van der Waals surface area contributed by atoms with Gasteiger partial charge in [0.05, 0.1) is 21.5 Å². The summed E-state index contributed by atoms with van der Waals surface area (Å²) in [5, 5.41) is 31.4. The highest BCUT2D eigenvalue weighted by molar-refractivity contribution is 5.97. The Labute approximate surface area is 152 Å². The van der Waals surface area contributed by atoms with E-state index in [1.54, 1.807) is 30.3 Å². The molecule has 0 heterocycles. The summed E-state index contributed by atoms with van der Waals surface area (Å²) in [7, 11) is 1.23. The van der Waals surface area contributed by atoms with Crippen LogP contribution < -0.4 is 0 Å². The van der Waals surface area contributed by atoms with E-state index in [0.29, 0.717) is 5.56 Å². The normalized spacial score (nSPS) is 11.4. The number of hydrogen-bond acceptors (Lipinski definition) is 6. The van der Waals surface area contributed by atoms with Gasteiger partial charge in [-0.3, -0.25) is 25.0 Å². The Balaban J connectivity index is 2.37. The SMILES string of the molecule is CN(C(=O)c1cc([N+](=O)[O-])cc([N+](=O)[O-])c1)[C@@H](Cc1ccccc1)C(=O)O. The largest absolute Gasteiger partial charge is 0.480 e. The predicted molar refractivity (Wildman–Crippen MR) is 93.4 cm³/mol. The molecular weight excluding hydrogens is 358 g/mol. The summed E-state index contributed by atoms with van der Waals surface area (Å²) in [5.41, 5.74) is -0.918. The monoisotopic (exact) mass is 373 g/mol. The molecule has 0 aliphatic heterocycles. The molecule has 10 heteroatoms. The Morgan fingerprint density at radius 3 is 2.00 bits per heavy atom. The van der Waals surface area contributed by atoms with Crippen LogP contribution in [0.5, 0.6) is 0 Å². The highest BCUT2D eigenvalue weighted by Gasteiger charge is 2.29. The molecule has 0 fully saturated rings. The molecule has 27 heavy (non-hydrogen) atoms. The number of nitro groups is 2. The number of aliphatic carboxylic acids is 1. The van der Waals surface area contributed by atoms with Gasteiger partial charge < -0.3 is 10.0 Å². The highest BCUT2D eigenvalue weighted by atomic mass is 16.6. The Morgan fingerprint density at radius 1 is 1.04 bits per heavy atom. The van der Waals surface area contributed by atoms with E-state index in [-0.39, 0.29) is 12.0 Å². The van der Waals surface area contributed by atoms with Crippen LogP contribution in [0, 0.1) is 20.2 Å². The summed E-state index contributed by atoms with van der Waals surface area (Å²) in [6.07, 6.45) is 0.00936. The van der Waals surface area contributed by atoms with Gasteiger partial charge in [-0.2, -0.15) is 0 Å². The molecule has 0 aliphatic rings. The molecule has 0 aromatic heterocycles. The van der Waals surface area contributed by atoms with Crippen LogP contribution in [-0.4, -0.2) is 44.8 Å². The quantitative estimate of drug-likeness (QED) is 0.579. The standard InChI is InChI=1S/C17H15N3O7/c1-18(15(17(22)23)7-11-5-3-2-4-6-11)16(21)12-8-13(19(24)25)10-14(9-12)20(26)27/h2-6,8-10,15H,7H2,1H3,(H,22,23)/t15-/m0/s1. The molecular formula is C17H15N3O7. The number of nitro benzene ring substituents is 2. The lowest BCUT2D eigenvalue weighted by Crippen LogP contribution is -2.43. The molecule has 2 aromatic rings. The van der Waals surface area contributed by atoms with Crippen molar-refractivity contribution in [1.82, 2.24) is 4.90 Å². The van der Waals surface area contributed by atoms with Gasteiger partial charge in [0.25, 0.3) is 17.3 Å². The lowest BCUT2D eigenvalue weighted by molar-refractivity contribution is -0.394. The minimum Gasteiger partial charge on any atom is -0.480 e. The molecule has 0 aliphatic carbocycles. The zero-order valence-corrected chi connectivity index (χ0v) is 14.1. The van der Waals surface area contributed by atoms with Gasteiger partial charge in [0, 0.05) is 25.6 Å². The molecule has 10 nitrogen and oxygen atoms in total. The summed E-state index contributed by atoms with van der Waals surface area (Å²) in [6.45, 7) is 0. The van der Waals surface area contributed by atoms with Crippen molar-refractivity contribution in [2.24, 2.45) is 0 Å². The van der Waals surface area contributed by atoms with Crippen molar-refractivity contribution >= 4 is 23.3 Å². The first-order valence-electron chi connectivity index (χ1n) is 7.68. The number of benzene rings is 2. The van der Waals surface area contributed by atoms with E-state index in [0.717, 1.165) is 23.1 Å². The van der Waals surface area contributed by atoms with E-state index in [1.165, 1.54) is 7.05 Å². The third-order valence-corrected chi connectivity index (χ3v) is 3.92. The number of rotatable bonds is 7. The van der Waals surface area contributed by atoms with Gasteiger partial charge in [-0.05, 0) is 5.56 Å². The van der Waals surface area contributed by atoms with Gasteiger partial charge in [-0.25, -0.2) is 4.79 Å². The Morgan fingerprint density at radius 2 is 1.56 bits per heavy atom. The summed E-state index contributed by atoms with van der Waals surface area (Å²) >= 11 is 0. The first-order valence-corrected chi connectivity index (χ1v) is 7.68. The molecule has 0 saturated heterocycles. The van der Waals surface area contributed by atoms with E-state index in [9.17, 15) is 34.9 Å². The molecule has 1 atom stereocenters. The van der Waals surface area contributed by atoms with Gasteiger partial charge in [0.2, 0.25) is 0 Å². The van der Waals surface area contributed by atoms with E-state index in [4.69, 9.17) is 0 Å². The molecule has 1 N–H and O–H groups in total. The summed E-state index contributed by atoms with van der Waals surface area (Å²) in [6, 6.07) is 9.85. The van der Waals surface area contributed by atoms with Crippen LogP contribution in [0.2, 0.25) is 0 Å². The average molecular weight is 373 g/mol. The zero-order valence-electron chi connectivity index (χ0n) is 14.1. The number of carboxylic acids is 1. The van der Waals surface area contributed by atoms with Crippen LogP contribution in [0.15, 0.2) is 48.5 Å². The van der Waals surface area contributed by atoms with Gasteiger partial charge in [0.1, 0.15) is 6.04 Å². The molecule has 0 unspecified atom stereocenters. The van der Waals surface area contributed by atoms with Crippen molar-refractivity contribution in [3.63, 3.8) is 0 Å². The van der Waals surface area contributed by atoms with Gasteiger partial charge >= 0.3 is 5.97 Å². The third kappa shape index (κ3) is 4.63. The van der Waals surface area contributed by atoms with Crippen molar-refractivity contribution < 1.29 is 24.5 Å². The Hall–Kier alpha value is -3.82. The van der Waals surface area contributed by atoms with Crippen molar-refractivity contribution in [3.05, 3.63) is 79.9 Å². The summed E-state index contributed by atoms with van der Waals surface area (Å²) < 4.78 is 0. The van der Waals surface area contributed by atoms with E-state index in [2.05, 4.69) is 0 Å². The van der Waals surface area contributed by atoms with E-state index >= 15 is 0 Å². The second-order valence-corrected chi connectivity index (χ2v) is 5.71. The number of carboxylic acid groups (broad SMARTS) is 1. The smallest absolute Gasteiger partial charge is 0.326 e. The molecule has 2 aromatic carbocycles.